The van der Waals surface area contributed by atoms with Gasteiger partial charge in [-0.25, -0.2) is 0 Å². The van der Waals surface area contributed by atoms with Crippen LogP contribution in [0, 0.1) is 12.8 Å². The maximum absolute atomic E-state index is 12.3. The van der Waals surface area contributed by atoms with Gasteiger partial charge in [0.1, 0.15) is 0 Å². The van der Waals surface area contributed by atoms with Crippen LogP contribution in [0.15, 0.2) is 18.2 Å². The minimum absolute atomic E-state index is 0.0487. The first kappa shape index (κ1) is 15.5. The Morgan fingerprint density at radius 3 is 2.67 bits per heavy atom. The van der Waals surface area contributed by atoms with Crippen LogP contribution in [0.4, 0.5) is 5.69 Å². The summed E-state index contributed by atoms with van der Waals surface area (Å²) in [6.07, 6.45) is 1.72. The number of hydrogen-bond acceptors (Lipinski definition) is 3. The van der Waals surface area contributed by atoms with Crippen LogP contribution >= 0.6 is 0 Å². The fourth-order valence-electron chi connectivity index (χ4n) is 2.48. The van der Waals surface area contributed by atoms with Crippen molar-refractivity contribution in [3.05, 3.63) is 29.3 Å². The number of carbonyl (C=O) groups excluding carboxylic acids is 2. The lowest BCUT2D eigenvalue weighted by molar-refractivity contribution is -0.120. The van der Waals surface area contributed by atoms with Crippen LogP contribution < -0.4 is 16.0 Å². The molecule has 5 nitrogen and oxygen atoms in total. The highest BCUT2D eigenvalue weighted by Crippen LogP contribution is 2.20. The number of hydrogen-bond donors (Lipinski definition) is 3. The zero-order chi connectivity index (χ0) is 15.2. The van der Waals surface area contributed by atoms with E-state index in [9.17, 15) is 9.59 Å². The molecule has 1 heterocycles. The van der Waals surface area contributed by atoms with E-state index < -0.39 is 0 Å². The van der Waals surface area contributed by atoms with Crippen LogP contribution in [0.3, 0.4) is 0 Å². The molecule has 0 radical (unpaired) electrons. The monoisotopic (exact) mass is 289 g/mol. The number of carbonyl (C=O) groups is 2. The Kier molecular flexibility index (Phi) is 5.33. The highest BCUT2D eigenvalue weighted by Gasteiger charge is 2.21. The Bertz CT molecular complexity index is 522. The SMILES string of the molecule is CCNC(=O)c1ccc(C)c(NC(=O)C2CCNCC2)c1. The van der Waals surface area contributed by atoms with Gasteiger partial charge in [0.2, 0.25) is 5.91 Å². The lowest BCUT2D eigenvalue weighted by atomic mass is 9.97. The molecule has 2 rings (SSSR count). The molecule has 1 saturated heterocycles. The molecule has 114 valence electrons. The summed E-state index contributed by atoms with van der Waals surface area (Å²) in [5.41, 5.74) is 2.26. The number of amides is 2. The molecule has 1 fully saturated rings. The molecule has 21 heavy (non-hydrogen) atoms. The molecule has 0 aliphatic carbocycles. The highest BCUT2D eigenvalue weighted by atomic mass is 16.2. The first-order valence-electron chi connectivity index (χ1n) is 7.52. The van der Waals surface area contributed by atoms with Crippen molar-refractivity contribution in [3.8, 4) is 0 Å². The van der Waals surface area contributed by atoms with E-state index in [2.05, 4.69) is 16.0 Å². The van der Waals surface area contributed by atoms with E-state index in [0.717, 1.165) is 37.2 Å². The molecule has 2 amide bonds. The van der Waals surface area contributed by atoms with Crippen molar-refractivity contribution in [2.45, 2.75) is 26.7 Å². The van der Waals surface area contributed by atoms with E-state index in [4.69, 9.17) is 0 Å². The van der Waals surface area contributed by atoms with Crippen molar-refractivity contribution in [2.75, 3.05) is 25.0 Å². The highest BCUT2D eigenvalue weighted by molar-refractivity contribution is 5.98. The lowest BCUT2D eigenvalue weighted by Crippen LogP contribution is -2.34. The van der Waals surface area contributed by atoms with Gasteiger partial charge in [-0.2, -0.15) is 0 Å². The molecule has 0 atom stereocenters. The average molecular weight is 289 g/mol. The Morgan fingerprint density at radius 2 is 2.00 bits per heavy atom. The molecule has 5 heteroatoms. The van der Waals surface area contributed by atoms with E-state index in [1.165, 1.54) is 0 Å². The first-order valence-corrected chi connectivity index (χ1v) is 7.52. The van der Waals surface area contributed by atoms with Crippen LogP contribution in [0.5, 0.6) is 0 Å². The molecular formula is C16H23N3O2. The van der Waals surface area contributed by atoms with E-state index >= 15 is 0 Å². The van der Waals surface area contributed by atoms with Crippen molar-refractivity contribution in [1.29, 1.82) is 0 Å². The zero-order valence-corrected chi connectivity index (χ0v) is 12.7. The molecule has 1 aliphatic rings. The summed E-state index contributed by atoms with van der Waals surface area (Å²) in [5, 5.41) is 8.99. The predicted octanol–water partition coefficient (Wildman–Crippen LogP) is 1.68. The Morgan fingerprint density at radius 1 is 1.29 bits per heavy atom. The summed E-state index contributed by atoms with van der Waals surface area (Å²) < 4.78 is 0. The largest absolute Gasteiger partial charge is 0.352 e. The minimum atomic E-state index is -0.116. The van der Waals surface area contributed by atoms with E-state index in [1.807, 2.05) is 19.9 Å². The fourth-order valence-corrected chi connectivity index (χ4v) is 2.48. The predicted molar refractivity (Wildman–Crippen MR) is 83.4 cm³/mol. The lowest BCUT2D eigenvalue weighted by Gasteiger charge is -2.22. The van der Waals surface area contributed by atoms with Crippen molar-refractivity contribution in [1.82, 2.24) is 10.6 Å². The summed E-state index contributed by atoms with van der Waals surface area (Å²) in [4.78, 5) is 24.2. The minimum Gasteiger partial charge on any atom is -0.352 e. The second-order valence-corrected chi connectivity index (χ2v) is 5.40. The molecule has 0 saturated carbocycles. The molecule has 0 bridgehead atoms. The van der Waals surface area contributed by atoms with Crippen molar-refractivity contribution in [3.63, 3.8) is 0 Å². The van der Waals surface area contributed by atoms with Gasteiger partial charge >= 0.3 is 0 Å². The quantitative estimate of drug-likeness (QED) is 0.790. The van der Waals surface area contributed by atoms with Gasteiger partial charge in [0.05, 0.1) is 0 Å². The number of aryl methyl sites for hydroxylation is 1. The van der Waals surface area contributed by atoms with Gasteiger partial charge in [-0.15, -0.1) is 0 Å². The van der Waals surface area contributed by atoms with Gasteiger partial charge in [-0.1, -0.05) is 6.07 Å². The van der Waals surface area contributed by atoms with Gasteiger partial charge in [-0.3, -0.25) is 9.59 Å². The topological polar surface area (TPSA) is 70.2 Å². The zero-order valence-electron chi connectivity index (χ0n) is 12.7. The Balaban J connectivity index is 2.09. The molecule has 0 spiro atoms. The third-order valence-corrected chi connectivity index (χ3v) is 3.80. The molecule has 1 aromatic carbocycles. The van der Waals surface area contributed by atoms with Crippen LogP contribution in [-0.2, 0) is 4.79 Å². The Labute approximate surface area is 125 Å². The van der Waals surface area contributed by atoms with E-state index in [-0.39, 0.29) is 17.7 Å². The molecule has 1 aliphatic heterocycles. The third kappa shape index (κ3) is 4.04. The van der Waals surface area contributed by atoms with E-state index in [1.54, 1.807) is 12.1 Å². The maximum atomic E-state index is 12.3. The summed E-state index contributed by atoms with van der Waals surface area (Å²) in [6.45, 7) is 6.17. The number of benzene rings is 1. The van der Waals surface area contributed by atoms with Crippen LogP contribution in [0.25, 0.3) is 0 Å². The molecule has 0 aromatic heterocycles. The van der Waals surface area contributed by atoms with Crippen LogP contribution in [-0.4, -0.2) is 31.4 Å². The third-order valence-electron chi connectivity index (χ3n) is 3.80. The molecule has 0 unspecified atom stereocenters. The number of piperidine rings is 1. The smallest absolute Gasteiger partial charge is 0.251 e. The summed E-state index contributed by atoms with van der Waals surface area (Å²) in [7, 11) is 0. The molecular weight excluding hydrogens is 266 g/mol. The fraction of sp³-hybridized carbons (Fsp3) is 0.500. The number of anilines is 1. The molecule has 3 N–H and O–H groups in total. The summed E-state index contributed by atoms with van der Waals surface area (Å²) >= 11 is 0. The van der Waals surface area contributed by atoms with Gasteiger partial charge in [0.15, 0.2) is 0 Å². The van der Waals surface area contributed by atoms with Crippen molar-refractivity contribution in [2.24, 2.45) is 5.92 Å². The molecule has 1 aromatic rings. The average Bonchev–Trinajstić information content (AvgIpc) is 2.50. The summed E-state index contributed by atoms with van der Waals surface area (Å²) in [6, 6.07) is 5.39. The maximum Gasteiger partial charge on any atom is 0.251 e. The van der Waals surface area contributed by atoms with Crippen molar-refractivity contribution < 1.29 is 9.59 Å². The number of rotatable bonds is 4. The normalized spacial score (nSPS) is 15.5. The van der Waals surface area contributed by atoms with Crippen LogP contribution in [0.2, 0.25) is 0 Å². The number of nitrogens with one attached hydrogen (secondary N) is 3. The first-order chi connectivity index (χ1) is 10.1. The van der Waals surface area contributed by atoms with Crippen molar-refractivity contribution >= 4 is 17.5 Å². The van der Waals surface area contributed by atoms with Gasteiger partial charge < -0.3 is 16.0 Å². The second kappa shape index (κ2) is 7.22. The van der Waals surface area contributed by atoms with Gasteiger partial charge in [-0.05, 0) is 57.5 Å². The Hall–Kier alpha value is -1.88. The standard InChI is InChI=1S/C16H23N3O2/c1-3-18-15(20)13-5-4-11(2)14(10-13)19-16(21)12-6-8-17-9-7-12/h4-5,10,12,17H,3,6-9H2,1-2H3,(H,18,20)(H,19,21). The van der Waals surface area contributed by atoms with Gasteiger partial charge in [0.25, 0.3) is 5.91 Å². The second-order valence-electron chi connectivity index (χ2n) is 5.40. The van der Waals surface area contributed by atoms with Crippen LogP contribution in [0.1, 0.15) is 35.7 Å². The van der Waals surface area contributed by atoms with E-state index in [0.29, 0.717) is 12.1 Å². The summed E-state index contributed by atoms with van der Waals surface area (Å²) in [5.74, 6) is -0.0127. The van der Waals surface area contributed by atoms with Gasteiger partial charge in [0, 0.05) is 23.7 Å².